The Labute approximate surface area is 139 Å². The maximum absolute atomic E-state index is 12.9. The number of rotatable bonds is 3. The van der Waals surface area contributed by atoms with Crippen LogP contribution in [-0.4, -0.2) is 18.8 Å². The van der Waals surface area contributed by atoms with E-state index in [1.54, 1.807) is 19.2 Å². The number of benzene rings is 2. The predicted molar refractivity (Wildman–Crippen MR) is 92.4 cm³/mol. The summed E-state index contributed by atoms with van der Waals surface area (Å²) in [7, 11) is 4.76. The lowest BCUT2D eigenvalue weighted by Crippen LogP contribution is -2.21. The highest BCUT2D eigenvalue weighted by Gasteiger charge is 2.19. The molecule has 1 aromatic heterocycles. The molecule has 24 heavy (non-hydrogen) atoms. The zero-order valence-electron chi connectivity index (χ0n) is 13.7. The summed E-state index contributed by atoms with van der Waals surface area (Å²) in [5.41, 5.74) is 1.83. The highest BCUT2D eigenvalue weighted by Crippen LogP contribution is 2.35. The minimum atomic E-state index is -0.225. The van der Waals surface area contributed by atoms with Gasteiger partial charge in [-0.05, 0) is 11.6 Å². The minimum Gasteiger partial charge on any atom is -0.493 e. The van der Waals surface area contributed by atoms with Crippen LogP contribution >= 0.6 is 0 Å². The number of nitriles is 1. The maximum atomic E-state index is 12.9. The molecule has 0 atom stereocenters. The quantitative estimate of drug-likeness (QED) is 0.744. The summed E-state index contributed by atoms with van der Waals surface area (Å²) in [6, 6.07) is 14.8. The maximum Gasteiger partial charge on any atom is 0.260 e. The highest BCUT2D eigenvalue weighted by atomic mass is 16.5. The molecule has 5 nitrogen and oxygen atoms in total. The molecule has 0 unspecified atom stereocenters. The van der Waals surface area contributed by atoms with Gasteiger partial charge in [0.2, 0.25) is 0 Å². The van der Waals surface area contributed by atoms with E-state index in [1.807, 2.05) is 30.3 Å². The summed E-state index contributed by atoms with van der Waals surface area (Å²) in [4.78, 5) is 12.9. The molecule has 0 fully saturated rings. The summed E-state index contributed by atoms with van der Waals surface area (Å²) < 4.78 is 12.2. The van der Waals surface area contributed by atoms with Gasteiger partial charge in [0.1, 0.15) is 6.07 Å². The van der Waals surface area contributed by atoms with Crippen LogP contribution in [0.15, 0.2) is 47.3 Å². The first kappa shape index (κ1) is 15.6. The van der Waals surface area contributed by atoms with Gasteiger partial charge < -0.3 is 14.0 Å². The molecule has 0 saturated heterocycles. The number of fused-ring (bicyclic) bond motifs is 1. The van der Waals surface area contributed by atoms with E-state index in [1.165, 1.54) is 18.8 Å². The van der Waals surface area contributed by atoms with Crippen molar-refractivity contribution in [2.75, 3.05) is 14.2 Å². The van der Waals surface area contributed by atoms with E-state index in [4.69, 9.17) is 9.47 Å². The van der Waals surface area contributed by atoms with Crippen molar-refractivity contribution in [3.63, 3.8) is 0 Å². The summed E-state index contributed by atoms with van der Waals surface area (Å²) in [5, 5.41) is 10.4. The number of ether oxygens (including phenoxy) is 2. The summed E-state index contributed by atoms with van der Waals surface area (Å²) in [6.45, 7) is 0. The molecular formula is C19H16N2O3. The third-order valence-electron chi connectivity index (χ3n) is 4.08. The van der Waals surface area contributed by atoms with E-state index in [-0.39, 0.29) is 5.56 Å². The highest BCUT2D eigenvalue weighted by molar-refractivity contribution is 5.93. The molecule has 120 valence electrons. The number of hydrogen-bond donors (Lipinski definition) is 0. The molecule has 5 heteroatoms. The largest absolute Gasteiger partial charge is 0.493 e. The number of aryl methyl sites for hydroxylation is 1. The van der Waals surface area contributed by atoms with Crippen LogP contribution in [0.4, 0.5) is 0 Å². The zero-order chi connectivity index (χ0) is 17.3. The van der Waals surface area contributed by atoms with Gasteiger partial charge in [0.25, 0.3) is 5.56 Å². The van der Waals surface area contributed by atoms with Crippen molar-refractivity contribution in [2.45, 2.75) is 0 Å². The van der Waals surface area contributed by atoms with Crippen molar-refractivity contribution in [1.29, 1.82) is 5.26 Å². The Bertz CT molecular complexity index is 1010. The van der Waals surface area contributed by atoms with E-state index in [0.29, 0.717) is 39.1 Å². The van der Waals surface area contributed by atoms with Crippen LogP contribution in [0.1, 0.15) is 5.56 Å². The number of nitrogens with zero attached hydrogens (tertiary/aromatic N) is 2. The first-order valence-electron chi connectivity index (χ1n) is 7.36. The summed E-state index contributed by atoms with van der Waals surface area (Å²) in [5.74, 6) is 1.02. The number of methoxy groups -OCH3 is 2. The normalized spacial score (nSPS) is 10.4. The van der Waals surface area contributed by atoms with Gasteiger partial charge in [0, 0.05) is 18.5 Å². The van der Waals surface area contributed by atoms with Crippen molar-refractivity contribution >= 4 is 10.9 Å². The van der Waals surface area contributed by atoms with Crippen LogP contribution in [0.5, 0.6) is 11.5 Å². The first-order chi connectivity index (χ1) is 11.6. The third-order valence-corrected chi connectivity index (χ3v) is 4.08. The Morgan fingerprint density at radius 3 is 2.25 bits per heavy atom. The van der Waals surface area contributed by atoms with Gasteiger partial charge in [0.15, 0.2) is 11.5 Å². The minimum absolute atomic E-state index is 0.225. The molecular weight excluding hydrogens is 304 g/mol. The second-order valence-corrected chi connectivity index (χ2v) is 5.32. The van der Waals surface area contributed by atoms with Crippen LogP contribution in [0.25, 0.3) is 22.0 Å². The SMILES string of the molecule is COc1cc2c(C#N)c(-c3ccccc3)c(=O)n(C)c2cc1OC. The monoisotopic (exact) mass is 320 g/mol. The Morgan fingerprint density at radius 2 is 1.67 bits per heavy atom. The third kappa shape index (κ3) is 2.29. The van der Waals surface area contributed by atoms with E-state index < -0.39 is 0 Å². The molecule has 0 radical (unpaired) electrons. The van der Waals surface area contributed by atoms with Gasteiger partial charge in [-0.25, -0.2) is 0 Å². The number of pyridine rings is 1. The van der Waals surface area contributed by atoms with E-state index >= 15 is 0 Å². The molecule has 3 rings (SSSR count). The van der Waals surface area contributed by atoms with E-state index in [2.05, 4.69) is 6.07 Å². The average molecular weight is 320 g/mol. The molecule has 0 amide bonds. The van der Waals surface area contributed by atoms with Crippen molar-refractivity contribution < 1.29 is 9.47 Å². The lowest BCUT2D eigenvalue weighted by atomic mass is 9.97. The fraction of sp³-hybridized carbons (Fsp3) is 0.158. The lowest BCUT2D eigenvalue weighted by molar-refractivity contribution is 0.355. The van der Waals surface area contributed by atoms with Crippen LogP contribution in [-0.2, 0) is 7.05 Å². The van der Waals surface area contributed by atoms with Crippen molar-refractivity contribution in [3.8, 4) is 28.7 Å². The zero-order valence-corrected chi connectivity index (χ0v) is 13.7. The van der Waals surface area contributed by atoms with Gasteiger partial charge in [-0.1, -0.05) is 30.3 Å². The smallest absolute Gasteiger partial charge is 0.260 e. The molecule has 3 aromatic rings. The Balaban J connectivity index is 2.50. The lowest BCUT2D eigenvalue weighted by Gasteiger charge is -2.15. The molecule has 0 aliphatic carbocycles. The van der Waals surface area contributed by atoms with E-state index in [9.17, 15) is 10.1 Å². The summed E-state index contributed by atoms with van der Waals surface area (Å²) in [6.07, 6.45) is 0. The van der Waals surface area contributed by atoms with Gasteiger partial charge in [-0.3, -0.25) is 4.79 Å². The number of hydrogen-bond acceptors (Lipinski definition) is 4. The van der Waals surface area contributed by atoms with Gasteiger partial charge in [-0.2, -0.15) is 5.26 Å². The Hall–Kier alpha value is -3.26. The molecule has 2 aromatic carbocycles. The fourth-order valence-corrected chi connectivity index (χ4v) is 2.85. The van der Waals surface area contributed by atoms with Gasteiger partial charge in [-0.15, -0.1) is 0 Å². The van der Waals surface area contributed by atoms with Crippen molar-refractivity contribution in [3.05, 3.63) is 58.4 Å². The molecule has 0 spiro atoms. The van der Waals surface area contributed by atoms with Crippen LogP contribution in [0, 0.1) is 11.3 Å². The van der Waals surface area contributed by atoms with Crippen molar-refractivity contribution in [2.24, 2.45) is 7.05 Å². The Morgan fingerprint density at radius 1 is 1.04 bits per heavy atom. The van der Waals surface area contributed by atoms with Gasteiger partial charge >= 0.3 is 0 Å². The summed E-state index contributed by atoms with van der Waals surface area (Å²) >= 11 is 0. The molecule has 0 bridgehead atoms. The predicted octanol–water partition coefficient (Wildman–Crippen LogP) is 3.09. The molecule has 0 N–H and O–H groups in total. The second kappa shape index (κ2) is 6.09. The van der Waals surface area contributed by atoms with Crippen LogP contribution in [0.3, 0.4) is 0 Å². The van der Waals surface area contributed by atoms with Gasteiger partial charge in [0.05, 0.1) is 30.9 Å². The second-order valence-electron chi connectivity index (χ2n) is 5.32. The standard InChI is InChI=1S/C19H16N2O3/c1-21-15-10-17(24-3)16(23-2)9-13(15)14(11-20)18(19(21)22)12-7-5-4-6-8-12/h4-10H,1-3H3. The molecule has 0 saturated carbocycles. The first-order valence-corrected chi connectivity index (χ1v) is 7.36. The molecule has 0 aliphatic rings. The number of aromatic nitrogens is 1. The van der Waals surface area contributed by atoms with Crippen LogP contribution in [0.2, 0.25) is 0 Å². The average Bonchev–Trinajstić information content (AvgIpc) is 2.64. The Kier molecular flexibility index (Phi) is 3.97. The topological polar surface area (TPSA) is 64.2 Å². The molecule has 1 heterocycles. The fourth-order valence-electron chi connectivity index (χ4n) is 2.85. The van der Waals surface area contributed by atoms with E-state index in [0.717, 1.165) is 0 Å². The van der Waals surface area contributed by atoms with Crippen molar-refractivity contribution in [1.82, 2.24) is 4.57 Å². The molecule has 0 aliphatic heterocycles. The van der Waals surface area contributed by atoms with Crippen LogP contribution < -0.4 is 15.0 Å².